The molecule has 7 saturated heterocycles. The second kappa shape index (κ2) is 29.4. The average Bonchev–Trinajstić information content (AvgIpc) is 1.49. The first-order chi connectivity index (χ1) is 44.5. The summed E-state index contributed by atoms with van der Waals surface area (Å²) in [4.78, 5) is 14.9. The van der Waals surface area contributed by atoms with E-state index in [1.807, 2.05) is 6.92 Å². The van der Waals surface area contributed by atoms with Crippen LogP contribution in [0.15, 0.2) is 0 Å². The number of aliphatic hydroxyl groups is 17. The van der Waals surface area contributed by atoms with Crippen LogP contribution in [-0.4, -0.2) is 329 Å². The lowest BCUT2D eigenvalue weighted by atomic mass is 9.44. The Labute approximate surface area is 543 Å². The van der Waals surface area contributed by atoms with Crippen LogP contribution >= 0.6 is 0 Å². The summed E-state index contributed by atoms with van der Waals surface area (Å²) in [5.41, 5.74) is -0.577. The van der Waals surface area contributed by atoms with E-state index in [1.165, 1.54) is 6.92 Å². The topological polar surface area (TPSA) is 490 Å². The Kier molecular flexibility index (Phi) is 23.0. The first-order valence-electron chi connectivity index (χ1n) is 33.4. The van der Waals surface area contributed by atoms with E-state index in [1.54, 1.807) is 7.11 Å². The highest BCUT2D eigenvalue weighted by molar-refractivity contribution is 5.84. The SMILES string of the molecule is CO[C@]1(CC[C@@H](C)CO[C@@H]2O[C@H](CO)[C@@H](O)[C@H](O)[C@H]2O)OC2C[C@H]3[C@@H]4CC[C@H]5CC(O[C@@H]6O[C@H](CO)[C@H](O[C@@H]7O[C@H](CO)[C@@H](O)[C@H](O[C@@H]8OC[C@@H](O)[C@H](O)[C@H]8O)[C@H]7O[C@@H]7OC[C@H](O)[C@H](O)[C@H]7O)[C@H](O)[C@H]6O[C@@H]6O[C@@H](C)[C@H](O)[C@@H](O)[C@H]6O)C(=O)C[C@]5(C)[C@H]4CC[C@]3(C)C2[C@@H]1C. The Hall–Kier alpha value is -1.57. The van der Waals surface area contributed by atoms with Gasteiger partial charge in [-0.3, -0.25) is 4.79 Å². The quantitative estimate of drug-likeness (QED) is 0.0504. The van der Waals surface area contributed by atoms with Gasteiger partial charge in [0.25, 0.3) is 0 Å². The van der Waals surface area contributed by atoms with Crippen LogP contribution in [0.2, 0.25) is 0 Å². The molecule has 11 aliphatic rings. The fourth-order valence-electron chi connectivity index (χ4n) is 18.1. The van der Waals surface area contributed by atoms with Crippen LogP contribution in [0.25, 0.3) is 0 Å². The molecule has 0 aromatic carbocycles. The van der Waals surface area contributed by atoms with Crippen LogP contribution < -0.4 is 0 Å². The molecule has 11 rings (SSSR count). The second-order valence-electron chi connectivity index (χ2n) is 29.1. The fourth-order valence-corrected chi connectivity index (χ4v) is 18.1. The van der Waals surface area contributed by atoms with E-state index >= 15 is 0 Å². The summed E-state index contributed by atoms with van der Waals surface area (Å²) >= 11 is 0. The van der Waals surface area contributed by atoms with Crippen molar-refractivity contribution in [3.8, 4) is 0 Å². The Morgan fingerprint density at radius 3 is 1.72 bits per heavy atom. The van der Waals surface area contributed by atoms with Crippen molar-refractivity contribution >= 4 is 5.78 Å². The fraction of sp³-hybridized carbons (Fsp3) is 0.984. The van der Waals surface area contributed by atoms with E-state index in [0.717, 1.165) is 32.1 Å². The number of fused-ring (bicyclic) bond motifs is 7. The normalized spacial score (nSPS) is 54.9. The smallest absolute Gasteiger partial charge is 0.187 e. The Balaban J connectivity index is 0.788. The first kappa shape index (κ1) is 73.6. The van der Waals surface area contributed by atoms with Gasteiger partial charge in [-0.05, 0) is 98.2 Å². The van der Waals surface area contributed by atoms with Crippen molar-refractivity contribution in [2.75, 3.05) is 46.8 Å². The number of hydrogen-bond donors (Lipinski definition) is 17. The minimum atomic E-state index is -2.07. The summed E-state index contributed by atoms with van der Waals surface area (Å²) < 4.78 is 85.5. The molecular weight excluding hydrogens is 1260 g/mol. The molecule has 0 spiro atoms. The summed E-state index contributed by atoms with van der Waals surface area (Å²) in [6.45, 7) is 6.67. The molecule has 4 saturated carbocycles. The lowest BCUT2D eigenvalue weighted by Crippen LogP contribution is -2.69. The van der Waals surface area contributed by atoms with Gasteiger partial charge in [0, 0.05) is 25.9 Å². The van der Waals surface area contributed by atoms with Crippen molar-refractivity contribution < 1.29 is 158 Å². The number of methoxy groups -OCH3 is 1. The maximum Gasteiger partial charge on any atom is 0.187 e. The zero-order valence-corrected chi connectivity index (χ0v) is 53.7. The Morgan fingerprint density at radius 2 is 1.09 bits per heavy atom. The molecule has 0 bridgehead atoms. The van der Waals surface area contributed by atoms with Gasteiger partial charge in [-0.2, -0.15) is 0 Å². The van der Waals surface area contributed by atoms with Gasteiger partial charge in [0.15, 0.2) is 49.3 Å². The number of carbonyl (C=O) groups excluding carboxylic acids is 1. The molecule has 17 N–H and O–H groups in total. The molecule has 32 heteroatoms. The molecule has 4 aliphatic carbocycles. The molecule has 7 aliphatic heterocycles. The monoisotopic (exact) mass is 1360 g/mol. The van der Waals surface area contributed by atoms with E-state index in [2.05, 4.69) is 20.8 Å². The summed E-state index contributed by atoms with van der Waals surface area (Å²) in [6, 6.07) is 0. The van der Waals surface area contributed by atoms with Crippen LogP contribution in [0.5, 0.6) is 0 Å². The number of hydrogen-bond acceptors (Lipinski definition) is 32. The van der Waals surface area contributed by atoms with Crippen molar-refractivity contribution in [1.82, 2.24) is 0 Å². The minimum absolute atomic E-state index is 0.00313. The van der Waals surface area contributed by atoms with Crippen LogP contribution in [0, 0.1) is 52.3 Å². The van der Waals surface area contributed by atoms with E-state index in [9.17, 15) is 91.6 Å². The van der Waals surface area contributed by atoms with E-state index in [0.29, 0.717) is 12.8 Å². The van der Waals surface area contributed by atoms with Gasteiger partial charge in [-0.1, -0.05) is 27.7 Å². The standard InChI is InChI=1S/C62H102O32/c1-22(19-82-54-47(78)44(75)41(72)34(16-63)87-54)9-12-62(81-6)23(2)37-33(94-62)14-28-26-8-7-25-13-32(29(66)15-61(25,5)27(26)10-11-60(28,37)4)86-58-52(92-57-48(79)43(74)38(69)24(3)85-57)49(80)50(36(18-65)89-58)90-59-53(93-56-46(77)40(71)31(68)21-84-56)51(42(73)35(17-64)88-59)91-55-45(76)39(70)30(67)20-83-55/h22-28,30-59,63-65,67-80H,7-21H2,1-6H3/t22-,23+,24+,25+,26-,27+,28+,30-,31+,32?,33?,34-,35-,36-,37?,38+,39+,40+,41-,42-,43-,44+,45-,46-,47-,48-,49+,50+,51+,52-,53-,54-,55+,56+,57+,58-,59+,60+,61+,62-/m1/s1. The van der Waals surface area contributed by atoms with Gasteiger partial charge in [-0.25, -0.2) is 0 Å². The minimum Gasteiger partial charge on any atom is -0.394 e. The number of rotatable bonds is 20. The van der Waals surface area contributed by atoms with Crippen molar-refractivity contribution in [1.29, 1.82) is 0 Å². The van der Waals surface area contributed by atoms with Gasteiger partial charge >= 0.3 is 0 Å². The lowest BCUT2D eigenvalue weighted by molar-refractivity contribution is -0.407. The molecule has 94 heavy (non-hydrogen) atoms. The second-order valence-corrected chi connectivity index (χ2v) is 29.1. The third-order valence-electron chi connectivity index (χ3n) is 23.6. The molecule has 542 valence electrons. The van der Waals surface area contributed by atoms with Gasteiger partial charge in [0.1, 0.15) is 134 Å². The number of Topliss-reactive ketones (excluding diaryl/α,β-unsaturated/α-hetero) is 1. The van der Waals surface area contributed by atoms with E-state index in [-0.39, 0.29) is 78.2 Å². The van der Waals surface area contributed by atoms with Crippen LogP contribution in [-0.2, 0) is 71.1 Å². The summed E-state index contributed by atoms with van der Waals surface area (Å²) in [7, 11) is 1.67. The largest absolute Gasteiger partial charge is 0.394 e. The summed E-state index contributed by atoms with van der Waals surface area (Å²) in [5.74, 6) is -0.381. The van der Waals surface area contributed by atoms with Crippen LogP contribution in [0.1, 0.15) is 92.4 Å². The third-order valence-corrected chi connectivity index (χ3v) is 23.6. The molecule has 32 nitrogen and oxygen atoms in total. The molecule has 11 fully saturated rings. The maximum atomic E-state index is 14.9. The van der Waals surface area contributed by atoms with Gasteiger partial charge in [0.05, 0.1) is 51.8 Å². The molecule has 40 atom stereocenters. The first-order valence-corrected chi connectivity index (χ1v) is 33.4. The number of aliphatic hydroxyl groups excluding tert-OH is 17. The molecule has 7 heterocycles. The predicted octanol–water partition coefficient (Wildman–Crippen LogP) is -6.17. The van der Waals surface area contributed by atoms with Crippen molar-refractivity contribution in [2.45, 2.75) is 282 Å². The zero-order valence-electron chi connectivity index (χ0n) is 53.7. The highest BCUT2D eigenvalue weighted by Crippen LogP contribution is 2.71. The maximum absolute atomic E-state index is 14.9. The molecular formula is C62H102O32. The predicted molar refractivity (Wildman–Crippen MR) is 309 cm³/mol. The van der Waals surface area contributed by atoms with Gasteiger partial charge in [0.2, 0.25) is 0 Å². The van der Waals surface area contributed by atoms with Crippen molar-refractivity contribution in [3.05, 3.63) is 0 Å². The number of carbonyl (C=O) groups is 1. The summed E-state index contributed by atoms with van der Waals surface area (Å²) in [6.07, 6.45) is -43.9. The Bertz CT molecular complexity index is 2490. The molecule has 0 aromatic rings. The van der Waals surface area contributed by atoms with Crippen molar-refractivity contribution in [3.63, 3.8) is 0 Å². The van der Waals surface area contributed by atoms with Gasteiger partial charge < -0.3 is 153 Å². The zero-order chi connectivity index (χ0) is 67.9. The van der Waals surface area contributed by atoms with E-state index in [4.69, 9.17) is 66.3 Å². The van der Waals surface area contributed by atoms with Gasteiger partial charge in [-0.15, -0.1) is 0 Å². The highest BCUT2D eigenvalue weighted by Gasteiger charge is 2.70. The van der Waals surface area contributed by atoms with Crippen molar-refractivity contribution in [2.24, 2.45) is 52.3 Å². The molecule has 0 radical (unpaired) electrons. The number of ether oxygens (including phenoxy) is 14. The highest BCUT2D eigenvalue weighted by atomic mass is 16.8. The van der Waals surface area contributed by atoms with Crippen LogP contribution in [0.3, 0.4) is 0 Å². The lowest BCUT2D eigenvalue weighted by Gasteiger charge is -2.61. The Morgan fingerprint density at radius 1 is 0.532 bits per heavy atom. The average molecular weight is 1360 g/mol. The van der Waals surface area contributed by atoms with Crippen LogP contribution in [0.4, 0.5) is 0 Å². The molecule has 0 amide bonds. The third kappa shape index (κ3) is 13.5. The molecule has 0 aromatic heterocycles. The summed E-state index contributed by atoms with van der Waals surface area (Å²) in [5, 5.41) is 183. The molecule has 3 unspecified atom stereocenters. The van der Waals surface area contributed by atoms with E-state index < -0.39 is 222 Å². The number of ketones is 1.